The van der Waals surface area contributed by atoms with E-state index < -0.39 is 29.4 Å². The highest BCUT2D eigenvalue weighted by Gasteiger charge is 2.38. The van der Waals surface area contributed by atoms with Gasteiger partial charge in [-0.15, -0.1) is 0 Å². The molecule has 0 rings (SSSR count). The summed E-state index contributed by atoms with van der Waals surface area (Å²) in [5, 5.41) is 5.03. The normalized spacial score (nSPS) is 13.4. The number of esters is 2. The van der Waals surface area contributed by atoms with Crippen LogP contribution < -0.4 is 10.6 Å². The van der Waals surface area contributed by atoms with Gasteiger partial charge in [0.2, 0.25) is 11.8 Å². The lowest BCUT2D eigenvalue weighted by Gasteiger charge is -2.33. The molecular formula is C16H28N2O6. The van der Waals surface area contributed by atoms with Crippen molar-refractivity contribution in [2.45, 2.75) is 59.5 Å². The first-order valence-corrected chi connectivity index (χ1v) is 7.86. The zero-order valence-electron chi connectivity index (χ0n) is 15.2. The minimum atomic E-state index is -0.958. The van der Waals surface area contributed by atoms with Gasteiger partial charge >= 0.3 is 11.9 Å². The largest absolute Gasteiger partial charge is 0.467 e. The highest BCUT2D eigenvalue weighted by Crippen LogP contribution is 2.28. The van der Waals surface area contributed by atoms with Gasteiger partial charge in [-0.2, -0.15) is 0 Å². The van der Waals surface area contributed by atoms with Crippen LogP contribution >= 0.6 is 0 Å². The van der Waals surface area contributed by atoms with Gasteiger partial charge in [-0.05, 0) is 25.7 Å². The molecule has 8 nitrogen and oxygen atoms in total. The second kappa shape index (κ2) is 9.89. The first kappa shape index (κ1) is 21.9. The maximum atomic E-state index is 12.2. The number of ether oxygens (including phenoxy) is 2. The summed E-state index contributed by atoms with van der Waals surface area (Å²) in [5.41, 5.74) is -0.745. The van der Waals surface area contributed by atoms with Crippen LogP contribution in [0.1, 0.15) is 47.5 Å². The minimum absolute atomic E-state index is 0.117. The van der Waals surface area contributed by atoms with Crippen LogP contribution in [-0.4, -0.2) is 49.6 Å². The van der Waals surface area contributed by atoms with Crippen molar-refractivity contribution in [3.8, 4) is 0 Å². The zero-order chi connectivity index (χ0) is 18.9. The highest BCUT2D eigenvalue weighted by molar-refractivity contribution is 5.90. The van der Waals surface area contributed by atoms with Crippen molar-refractivity contribution in [2.75, 3.05) is 13.7 Å². The van der Waals surface area contributed by atoms with Gasteiger partial charge in [-0.25, -0.2) is 4.79 Å². The van der Waals surface area contributed by atoms with Gasteiger partial charge in [0.15, 0.2) is 0 Å². The first-order valence-electron chi connectivity index (χ1n) is 7.86. The molecule has 8 heteroatoms. The molecule has 0 radical (unpaired) electrons. The average Bonchev–Trinajstić information content (AvgIpc) is 2.49. The molecule has 0 fully saturated rings. The minimum Gasteiger partial charge on any atom is -0.467 e. The van der Waals surface area contributed by atoms with Crippen molar-refractivity contribution < 1.29 is 28.7 Å². The molecule has 2 amide bonds. The molecular weight excluding hydrogens is 316 g/mol. The molecule has 2 N–H and O–H groups in total. The summed E-state index contributed by atoms with van der Waals surface area (Å²) in [6.45, 7) is 8.30. The van der Waals surface area contributed by atoms with Crippen molar-refractivity contribution >= 4 is 23.8 Å². The Morgan fingerprint density at radius 2 is 1.71 bits per heavy atom. The number of hydrogen-bond donors (Lipinski definition) is 2. The van der Waals surface area contributed by atoms with Gasteiger partial charge in [0.05, 0.1) is 13.7 Å². The molecule has 0 aromatic heterocycles. The molecule has 138 valence electrons. The van der Waals surface area contributed by atoms with E-state index in [1.165, 1.54) is 21.0 Å². The van der Waals surface area contributed by atoms with E-state index in [4.69, 9.17) is 9.47 Å². The maximum absolute atomic E-state index is 12.2. The van der Waals surface area contributed by atoms with Crippen molar-refractivity contribution in [3.63, 3.8) is 0 Å². The summed E-state index contributed by atoms with van der Waals surface area (Å²) in [6, 6.07) is -1.75. The molecule has 0 spiro atoms. The second-order valence-electron chi connectivity index (χ2n) is 6.18. The Balaban J connectivity index is 5.03. The fourth-order valence-corrected chi connectivity index (χ4v) is 2.13. The lowest BCUT2D eigenvalue weighted by molar-refractivity contribution is -0.150. The third-order valence-electron chi connectivity index (χ3n) is 3.60. The number of nitrogens with one attached hydrogen (secondary N) is 2. The lowest BCUT2D eigenvalue weighted by atomic mass is 9.80. The van der Waals surface area contributed by atoms with E-state index in [0.717, 1.165) is 0 Å². The summed E-state index contributed by atoms with van der Waals surface area (Å²) < 4.78 is 9.63. The molecule has 24 heavy (non-hydrogen) atoms. The fourth-order valence-electron chi connectivity index (χ4n) is 2.13. The van der Waals surface area contributed by atoms with Crippen LogP contribution in [0, 0.1) is 5.41 Å². The van der Waals surface area contributed by atoms with E-state index in [9.17, 15) is 19.2 Å². The van der Waals surface area contributed by atoms with Crippen LogP contribution in [0.2, 0.25) is 0 Å². The van der Waals surface area contributed by atoms with Gasteiger partial charge in [-0.1, -0.05) is 13.8 Å². The number of methoxy groups -OCH3 is 1. The Bertz CT molecular complexity index is 475. The van der Waals surface area contributed by atoms with Gasteiger partial charge in [0, 0.05) is 13.3 Å². The van der Waals surface area contributed by atoms with E-state index in [0.29, 0.717) is 6.42 Å². The van der Waals surface area contributed by atoms with Crippen LogP contribution in [0.15, 0.2) is 0 Å². The highest BCUT2D eigenvalue weighted by atomic mass is 16.5. The molecule has 0 saturated heterocycles. The first-order chi connectivity index (χ1) is 11.0. The summed E-state index contributed by atoms with van der Waals surface area (Å²) in [7, 11) is 1.22. The van der Waals surface area contributed by atoms with Crippen LogP contribution in [-0.2, 0) is 28.7 Å². The molecule has 0 unspecified atom stereocenters. The van der Waals surface area contributed by atoms with Crippen LogP contribution in [0.4, 0.5) is 0 Å². The summed E-state index contributed by atoms with van der Waals surface area (Å²) in [5.74, 6) is -1.85. The summed E-state index contributed by atoms with van der Waals surface area (Å²) >= 11 is 0. The maximum Gasteiger partial charge on any atom is 0.328 e. The third-order valence-corrected chi connectivity index (χ3v) is 3.60. The second-order valence-corrected chi connectivity index (χ2v) is 6.18. The van der Waals surface area contributed by atoms with Crippen LogP contribution in [0.25, 0.3) is 0 Å². The Kier molecular flexibility index (Phi) is 9.02. The Labute approximate surface area is 142 Å². The van der Waals surface area contributed by atoms with Gasteiger partial charge in [-0.3, -0.25) is 14.4 Å². The van der Waals surface area contributed by atoms with E-state index in [-0.39, 0.29) is 24.9 Å². The van der Waals surface area contributed by atoms with Crippen molar-refractivity contribution in [1.82, 2.24) is 10.6 Å². The number of hydrogen-bond acceptors (Lipinski definition) is 6. The lowest BCUT2D eigenvalue weighted by Crippen LogP contribution is -2.55. The summed E-state index contributed by atoms with van der Waals surface area (Å²) in [6.07, 6.45) is 0.436. The molecule has 0 aliphatic heterocycles. The predicted octanol–water partition coefficient (Wildman–Crippen LogP) is 0.538. The van der Waals surface area contributed by atoms with Gasteiger partial charge < -0.3 is 20.1 Å². The van der Waals surface area contributed by atoms with Gasteiger partial charge in [0.25, 0.3) is 0 Å². The van der Waals surface area contributed by atoms with Crippen LogP contribution in [0.3, 0.4) is 0 Å². The molecule has 0 aliphatic carbocycles. The number of amides is 2. The third kappa shape index (κ3) is 7.43. The number of carbonyl (C=O) groups is 4. The number of carbonyl (C=O) groups excluding carboxylic acids is 4. The smallest absolute Gasteiger partial charge is 0.328 e. The topological polar surface area (TPSA) is 111 Å². The molecule has 0 heterocycles. The standard InChI is InChI=1S/C16H28N2O6/c1-7-24-12(20)8-9-16(4,5)13(15(22)23-6)18-14(21)10(2)17-11(3)19/h10,13H,7-9H2,1-6H3,(H,17,19)(H,18,21)/t10-,13+/m0/s1. The number of rotatable bonds is 9. The molecule has 0 saturated carbocycles. The molecule has 0 aromatic rings. The summed E-state index contributed by atoms with van der Waals surface area (Å²) in [4.78, 5) is 46.8. The molecule has 0 bridgehead atoms. The van der Waals surface area contributed by atoms with E-state index in [2.05, 4.69) is 10.6 Å². The van der Waals surface area contributed by atoms with Crippen LogP contribution in [0.5, 0.6) is 0 Å². The molecule has 2 atom stereocenters. The Morgan fingerprint density at radius 1 is 1.12 bits per heavy atom. The average molecular weight is 344 g/mol. The monoisotopic (exact) mass is 344 g/mol. The van der Waals surface area contributed by atoms with Gasteiger partial charge in [0.1, 0.15) is 12.1 Å². The predicted molar refractivity (Wildman–Crippen MR) is 86.9 cm³/mol. The van der Waals surface area contributed by atoms with E-state index in [1.807, 2.05) is 0 Å². The van der Waals surface area contributed by atoms with E-state index in [1.54, 1.807) is 20.8 Å². The Hall–Kier alpha value is -2.12. The fraction of sp³-hybridized carbons (Fsp3) is 0.750. The zero-order valence-corrected chi connectivity index (χ0v) is 15.2. The van der Waals surface area contributed by atoms with Crippen molar-refractivity contribution in [1.29, 1.82) is 0 Å². The molecule has 0 aromatic carbocycles. The molecule has 0 aliphatic rings. The Morgan fingerprint density at radius 3 is 2.17 bits per heavy atom. The van der Waals surface area contributed by atoms with Crippen molar-refractivity contribution in [3.05, 3.63) is 0 Å². The van der Waals surface area contributed by atoms with E-state index >= 15 is 0 Å². The SMILES string of the molecule is CCOC(=O)CCC(C)(C)[C@H](NC(=O)[C@H](C)NC(C)=O)C(=O)OC. The van der Waals surface area contributed by atoms with Crippen molar-refractivity contribution in [2.24, 2.45) is 5.41 Å². The quantitative estimate of drug-likeness (QED) is 0.591.